The SMILES string of the molecule is Cn1nc(C2CCC2)cc1-c1nc2ccc(-c3ccccc3OC(F)(F)F)cc2[nH]1. The highest BCUT2D eigenvalue weighted by atomic mass is 19.4. The lowest BCUT2D eigenvalue weighted by molar-refractivity contribution is -0.274. The molecule has 30 heavy (non-hydrogen) atoms. The smallest absolute Gasteiger partial charge is 0.405 e. The number of fused-ring (bicyclic) bond motifs is 1. The number of imidazole rings is 1. The number of rotatable bonds is 4. The zero-order valence-corrected chi connectivity index (χ0v) is 16.2. The second kappa shape index (κ2) is 6.90. The Kier molecular flexibility index (Phi) is 4.30. The number of para-hydroxylation sites is 1. The third kappa shape index (κ3) is 3.42. The maximum absolute atomic E-state index is 12.8. The van der Waals surface area contributed by atoms with E-state index in [4.69, 9.17) is 0 Å². The first kappa shape index (κ1) is 18.7. The molecular formula is C22H19F3N4O. The molecular weight excluding hydrogens is 393 g/mol. The van der Waals surface area contributed by atoms with Crippen LogP contribution in [0, 0.1) is 0 Å². The molecule has 154 valence electrons. The summed E-state index contributed by atoms with van der Waals surface area (Å²) < 4.78 is 44.3. The Labute approximate surface area is 170 Å². The number of hydrogen-bond donors (Lipinski definition) is 1. The average molecular weight is 412 g/mol. The van der Waals surface area contributed by atoms with Crippen LogP contribution in [-0.4, -0.2) is 26.1 Å². The molecule has 1 saturated carbocycles. The van der Waals surface area contributed by atoms with Gasteiger partial charge < -0.3 is 9.72 Å². The van der Waals surface area contributed by atoms with Gasteiger partial charge in [0.15, 0.2) is 5.82 Å². The van der Waals surface area contributed by atoms with E-state index < -0.39 is 6.36 Å². The maximum atomic E-state index is 12.8. The normalized spacial score (nSPS) is 14.8. The van der Waals surface area contributed by atoms with Crippen molar-refractivity contribution in [1.29, 1.82) is 0 Å². The Morgan fingerprint density at radius 1 is 1.10 bits per heavy atom. The van der Waals surface area contributed by atoms with Crippen LogP contribution in [0.5, 0.6) is 5.75 Å². The molecule has 1 aliphatic rings. The Bertz CT molecular complexity index is 1220. The molecule has 0 unspecified atom stereocenters. The summed E-state index contributed by atoms with van der Waals surface area (Å²) in [6.45, 7) is 0. The van der Waals surface area contributed by atoms with E-state index in [1.54, 1.807) is 30.3 Å². The molecule has 8 heteroatoms. The molecule has 2 aromatic carbocycles. The number of halogens is 3. The van der Waals surface area contributed by atoms with Crippen LogP contribution in [0.25, 0.3) is 33.7 Å². The van der Waals surface area contributed by atoms with Gasteiger partial charge in [-0.25, -0.2) is 4.98 Å². The van der Waals surface area contributed by atoms with Crippen LogP contribution < -0.4 is 4.74 Å². The van der Waals surface area contributed by atoms with Crippen LogP contribution in [0.2, 0.25) is 0 Å². The number of aromatic nitrogens is 4. The lowest BCUT2D eigenvalue weighted by atomic mass is 9.83. The van der Waals surface area contributed by atoms with Gasteiger partial charge in [-0.15, -0.1) is 13.2 Å². The monoisotopic (exact) mass is 412 g/mol. The van der Waals surface area contributed by atoms with E-state index in [2.05, 4.69) is 25.9 Å². The molecule has 0 radical (unpaired) electrons. The van der Waals surface area contributed by atoms with Crippen molar-refractivity contribution in [2.24, 2.45) is 7.05 Å². The molecule has 1 fully saturated rings. The minimum absolute atomic E-state index is 0.235. The second-order valence-electron chi connectivity index (χ2n) is 7.57. The molecule has 5 rings (SSSR count). The van der Waals surface area contributed by atoms with Crippen LogP contribution in [0.1, 0.15) is 30.9 Å². The zero-order valence-electron chi connectivity index (χ0n) is 16.2. The molecule has 0 amide bonds. The third-order valence-corrected chi connectivity index (χ3v) is 5.57. The third-order valence-electron chi connectivity index (χ3n) is 5.57. The van der Waals surface area contributed by atoms with Crippen LogP contribution >= 0.6 is 0 Å². The topological polar surface area (TPSA) is 55.7 Å². The number of alkyl halides is 3. The molecule has 1 aliphatic carbocycles. The van der Waals surface area contributed by atoms with E-state index in [9.17, 15) is 13.2 Å². The molecule has 0 bridgehead atoms. The van der Waals surface area contributed by atoms with Gasteiger partial charge in [0, 0.05) is 18.5 Å². The van der Waals surface area contributed by atoms with E-state index in [0.29, 0.717) is 22.9 Å². The largest absolute Gasteiger partial charge is 0.573 e. The lowest BCUT2D eigenvalue weighted by Gasteiger charge is -2.22. The summed E-state index contributed by atoms with van der Waals surface area (Å²) in [6.07, 6.45) is -1.18. The summed E-state index contributed by atoms with van der Waals surface area (Å²) in [5, 5.41) is 4.62. The Hall–Kier alpha value is -3.29. The number of ether oxygens (including phenoxy) is 1. The number of nitrogens with zero attached hydrogens (tertiary/aromatic N) is 3. The first-order valence-corrected chi connectivity index (χ1v) is 9.76. The van der Waals surface area contributed by atoms with Crippen molar-refractivity contribution in [2.45, 2.75) is 31.5 Å². The zero-order chi connectivity index (χ0) is 20.9. The Morgan fingerprint density at radius 3 is 2.63 bits per heavy atom. The number of aryl methyl sites for hydroxylation is 1. The van der Waals surface area contributed by atoms with Gasteiger partial charge in [-0.2, -0.15) is 5.10 Å². The highest BCUT2D eigenvalue weighted by Crippen LogP contribution is 2.38. The molecule has 5 nitrogen and oxygen atoms in total. The summed E-state index contributed by atoms with van der Waals surface area (Å²) in [5.41, 5.74) is 4.40. The molecule has 0 atom stereocenters. The molecule has 2 aromatic heterocycles. The van der Waals surface area contributed by atoms with Crippen molar-refractivity contribution in [1.82, 2.24) is 19.7 Å². The van der Waals surface area contributed by atoms with Gasteiger partial charge in [-0.05, 0) is 42.7 Å². The van der Waals surface area contributed by atoms with Crippen molar-refractivity contribution >= 4 is 11.0 Å². The number of benzene rings is 2. The summed E-state index contributed by atoms with van der Waals surface area (Å²) in [5.74, 6) is 0.967. The number of nitrogens with one attached hydrogen (secondary N) is 1. The van der Waals surface area contributed by atoms with Crippen LogP contribution in [0.3, 0.4) is 0 Å². The van der Waals surface area contributed by atoms with Gasteiger partial charge in [0.2, 0.25) is 0 Å². The number of H-pyrrole nitrogens is 1. The molecule has 0 saturated heterocycles. The first-order chi connectivity index (χ1) is 14.4. The van der Waals surface area contributed by atoms with Gasteiger partial charge in [-0.3, -0.25) is 4.68 Å². The average Bonchev–Trinajstić information content (AvgIpc) is 3.22. The fourth-order valence-electron chi connectivity index (χ4n) is 3.83. The van der Waals surface area contributed by atoms with Crippen molar-refractivity contribution in [2.75, 3.05) is 0 Å². The maximum Gasteiger partial charge on any atom is 0.573 e. The second-order valence-corrected chi connectivity index (χ2v) is 7.57. The van der Waals surface area contributed by atoms with E-state index in [1.165, 1.54) is 31.4 Å². The van der Waals surface area contributed by atoms with Gasteiger partial charge in [0.05, 0.1) is 16.7 Å². The molecule has 2 heterocycles. The van der Waals surface area contributed by atoms with E-state index in [0.717, 1.165) is 22.4 Å². The predicted octanol–water partition coefficient (Wildman–Crippen LogP) is 5.80. The molecule has 0 aliphatic heterocycles. The first-order valence-electron chi connectivity index (χ1n) is 9.76. The Balaban J connectivity index is 1.52. The van der Waals surface area contributed by atoms with E-state index in [-0.39, 0.29) is 5.75 Å². The highest BCUT2D eigenvalue weighted by Gasteiger charge is 2.32. The molecule has 1 N–H and O–H groups in total. The highest BCUT2D eigenvalue weighted by molar-refractivity contribution is 5.85. The van der Waals surface area contributed by atoms with Crippen molar-refractivity contribution < 1.29 is 17.9 Å². The lowest BCUT2D eigenvalue weighted by Crippen LogP contribution is -2.17. The van der Waals surface area contributed by atoms with Crippen molar-refractivity contribution in [3.63, 3.8) is 0 Å². The van der Waals surface area contributed by atoms with Gasteiger partial charge >= 0.3 is 6.36 Å². The summed E-state index contributed by atoms with van der Waals surface area (Å²) in [6, 6.07) is 13.5. The van der Waals surface area contributed by atoms with Crippen LogP contribution in [0.4, 0.5) is 13.2 Å². The van der Waals surface area contributed by atoms with Crippen LogP contribution in [0.15, 0.2) is 48.5 Å². The van der Waals surface area contributed by atoms with Gasteiger partial charge in [0.25, 0.3) is 0 Å². The minimum Gasteiger partial charge on any atom is -0.405 e. The molecule has 4 aromatic rings. The van der Waals surface area contributed by atoms with E-state index in [1.807, 2.05) is 11.7 Å². The fraction of sp³-hybridized carbons (Fsp3) is 0.273. The predicted molar refractivity (Wildman–Crippen MR) is 107 cm³/mol. The number of aromatic amines is 1. The quantitative estimate of drug-likeness (QED) is 0.461. The van der Waals surface area contributed by atoms with Crippen molar-refractivity contribution in [3.8, 4) is 28.4 Å². The van der Waals surface area contributed by atoms with Crippen molar-refractivity contribution in [3.05, 3.63) is 54.2 Å². The standard InChI is InChI=1S/C22H19F3N4O/c1-29-19(12-17(28-29)13-5-4-6-13)21-26-16-10-9-14(11-18(16)27-21)15-7-2-3-8-20(15)30-22(23,24)25/h2-3,7-13H,4-6H2,1H3,(H,26,27). The number of hydrogen-bond acceptors (Lipinski definition) is 3. The van der Waals surface area contributed by atoms with Gasteiger partial charge in [0.1, 0.15) is 11.4 Å². The van der Waals surface area contributed by atoms with Gasteiger partial charge in [-0.1, -0.05) is 30.7 Å². The summed E-state index contributed by atoms with van der Waals surface area (Å²) in [7, 11) is 1.89. The molecule has 0 spiro atoms. The Morgan fingerprint density at radius 2 is 1.90 bits per heavy atom. The van der Waals surface area contributed by atoms with Crippen LogP contribution in [-0.2, 0) is 7.05 Å². The van der Waals surface area contributed by atoms with E-state index >= 15 is 0 Å². The fourth-order valence-corrected chi connectivity index (χ4v) is 3.83. The minimum atomic E-state index is -4.75. The summed E-state index contributed by atoms with van der Waals surface area (Å²) in [4.78, 5) is 7.93. The summed E-state index contributed by atoms with van der Waals surface area (Å²) >= 11 is 0.